The van der Waals surface area contributed by atoms with Gasteiger partial charge in [0.1, 0.15) is 11.4 Å². The van der Waals surface area contributed by atoms with E-state index in [2.05, 4.69) is 15.6 Å². The second-order valence-corrected chi connectivity index (χ2v) is 9.06. The number of rotatable bonds is 7. The van der Waals surface area contributed by atoms with Crippen molar-refractivity contribution in [2.24, 2.45) is 5.10 Å². The molecule has 0 spiro atoms. The molecule has 4 aromatic rings. The maximum atomic E-state index is 13.7. The Kier molecular flexibility index (Phi) is 7.51. The maximum Gasteiger partial charge on any atom is 0.295 e. The summed E-state index contributed by atoms with van der Waals surface area (Å²) in [6, 6.07) is 16.9. The minimum absolute atomic E-state index is 0.0568. The molecule has 0 aliphatic carbocycles. The van der Waals surface area contributed by atoms with Crippen molar-refractivity contribution in [2.45, 2.75) is 6.92 Å². The molecule has 5 rings (SSSR count). The summed E-state index contributed by atoms with van der Waals surface area (Å²) in [4.78, 5) is 38.6. The van der Waals surface area contributed by atoms with Crippen LogP contribution in [0.2, 0.25) is 0 Å². The van der Waals surface area contributed by atoms with Crippen molar-refractivity contribution in [3.05, 3.63) is 86.7 Å². The van der Waals surface area contributed by atoms with Crippen LogP contribution in [-0.2, 0) is 9.53 Å². The summed E-state index contributed by atoms with van der Waals surface area (Å²) in [6.07, 6.45) is 1.46. The summed E-state index contributed by atoms with van der Waals surface area (Å²) in [5, 5.41) is 21.6. The van der Waals surface area contributed by atoms with Crippen molar-refractivity contribution in [1.29, 1.82) is 0 Å². The monoisotopic (exact) mass is 542 g/mol. The summed E-state index contributed by atoms with van der Waals surface area (Å²) < 4.78 is 12.0. The summed E-state index contributed by atoms with van der Waals surface area (Å²) in [7, 11) is 1.51. The van der Waals surface area contributed by atoms with Crippen LogP contribution in [0.15, 0.2) is 70.6 Å². The first-order valence-electron chi connectivity index (χ1n) is 12.5. The van der Waals surface area contributed by atoms with E-state index in [4.69, 9.17) is 9.47 Å². The van der Waals surface area contributed by atoms with E-state index < -0.39 is 10.5 Å². The van der Waals surface area contributed by atoms with Gasteiger partial charge in [0.05, 0.1) is 42.5 Å². The van der Waals surface area contributed by atoms with Crippen LogP contribution in [0.3, 0.4) is 0 Å². The number of nitro benzene ring substituents is 1. The van der Waals surface area contributed by atoms with Gasteiger partial charge in [-0.15, -0.1) is 0 Å². The van der Waals surface area contributed by atoms with Gasteiger partial charge in [0, 0.05) is 42.7 Å². The lowest BCUT2D eigenvalue weighted by Gasteiger charge is -2.29. The molecule has 0 atom stereocenters. The number of hydrogen-bond donors (Lipinski definition) is 1. The number of carbonyl (C=O) groups is 1. The van der Waals surface area contributed by atoms with Gasteiger partial charge in [-0.2, -0.15) is 14.9 Å². The maximum absolute atomic E-state index is 13.7. The molecule has 12 heteroatoms. The van der Waals surface area contributed by atoms with Crippen molar-refractivity contribution >= 4 is 34.3 Å². The zero-order chi connectivity index (χ0) is 28.2. The second-order valence-electron chi connectivity index (χ2n) is 9.06. The average molecular weight is 543 g/mol. The Balaban J connectivity index is 1.74. The van der Waals surface area contributed by atoms with Gasteiger partial charge in [0.25, 0.3) is 11.2 Å². The lowest BCUT2D eigenvalue weighted by atomic mass is 10.0. The van der Waals surface area contributed by atoms with Crippen molar-refractivity contribution in [3.8, 4) is 22.7 Å². The summed E-state index contributed by atoms with van der Waals surface area (Å²) in [5.74, 6) is 0.172. The molecule has 12 nitrogen and oxygen atoms in total. The first-order chi connectivity index (χ1) is 19.4. The van der Waals surface area contributed by atoms with Gasteiger partial charge in [0.2, 0.25) is 5.91 Å². The number of methoxy groups -OCH3 is 1. The Bertz CT molecular complexity index is 1690. The van der Waals surface area contributed by atoms with Gasteiger partial charge in [0.15, 0.2) is 0 Å². The standard InChI is InChI=1S/C28H26N6O6/c1-18(35)30-29-17-19-13-20(15-22(14-19)39-2)27-23-5-3-4-6-24(23)28(36)33(31-27)26-16-21(7-8-25(26)34(37)38)32-9-11-40-12-10-32/h3-8,13-17H,9-12H2,1-2H3,(H,30,35)/b29-17+. The largest absolute Gasteiger partial charge is 0.497 e. The molecule has 1 fully saturated rings. The number of aromatic nitrogens is 2. The zero-order valence-corrected chi connectivity index (χ0v) is 21.9. The van der Waals surface area contributed by atoms with Crippen LogP contribution in [0.1, 0.15) is 12.5 Å². The molecule has 0 bridgehead atoms. The van der Waals surface area contributed by atoms with Gasteiger partial charge < -0.3 is 14.4 Å². The van der Waals surface area contributed by atoms with Gasteiger partial charge in [-0.25, -0.2) is 5.43 Å². The van der Waals surface area contributed by atoms with Crippen LogP contribution in [0.5, 0.6) is 5.75 Å². The SMILES string of the molecule is COc1cc(/C=N/NC(C)=O)cc(-c2nn(-c3cc(N4CCOCC4)ccc3[N+](=O)[O-])c(=O)c3ccccc23)c1. The number of fused-ring (bicyclic) bond motifs is 1. The van der Waals surface area contributed by atoms with Gasteiger partial charge in [-0.3, -0.25) is 19.7 Å². The van der Waals surface area contributed by atoms with Crippen LogP contribution in [0.4, 0.5) is 11.4 Å². The fraction of sp³-hybridized carbons (Fsp3) is 0.214. The normalized spacial score (nSPS) is 13.5. The molecule has 0 unspecified atom stereocenters. The number of nitro groups is 1. The molecule has 40 heavy (non-hydrogen) atoms. The number of benzene rings is 3. The smallest absolute Gasteiger partial charge is 0.295 e. The Morgan fingerprint density at radius 1 is 1.12 bits per heavy atom. The fourth-order valence-corrected chi connectivity index (χ4v) is 4.57. The number of anilines is 1. The molecule has 1 aliphatic rings. The molecule has 1 amide bonds. The topological polar surface area (TPSA) is 141 Å². The highest BCUT2D eigenvalue weighted by Crippen LogP contribution is 2.32. The number of hydrazone groups is 1. The second kappa shape index (κ2) is 11.3. The van der Waals surface area contributed by atoms with Crippen LogP contribution >= 0.6 is 0 Å². The van der Waals surface area contributed by atoms with Crippen LogP contribution < -0.4 is 20.6 Å². The molecule has 1 aromatic heterocycles. The zero-order valence-electron chi connectivity index (χ0n) is 21.9. The van der Waals surface area contributed by atoms with Gasteiger partial charge in [-0.1, -0.05) is 18.2 Å². The fourth-order valence-electron chi connectivity index (χ4n) is 4.57. The Morgan fingerprint density at radius 3 is 2.58 bits per heavy atom. The molecule has 0 radical (unpaired) electrons. The number of morpholine rings is 1. The molecule has 1 aliphatic heterocycles. The number of ether oxygens (including phenoxy) is 2. The molecule has 2 heterocycles. The van der Waals surface area contributed by atoms with Crippen LogP contribution in [0.25, 0.3) is 27.7 Å². The Labute approximate surface area is 228 Å². The minimum atomic E-state index is -0.524. The average Bonchev–Trinajstić information content (AvgIpc) is 2.97. The highest BCUT2D eigenvalue weighted by atomic mass is 16.6. The molecule has 3 aromatic carbocycles. The van der Waals surface area contributed by atoms with E-state index in [0.717, 1.165) is 10.4 Å². The number of nitrogens with one attached hydrogen (secondary N) is 1. The summed E-state index contributed by atoms with van der Waals surface area (Å²) in [6.45, 7) is 3.66. The third kappa shape index (κ3) is 5.38. The quantitative estimate of drug-likeness (QED) is 0.213. The first-order valence-corrected chi connectivity index (χ1v) is 12.5. The van der Waals surface area contributed by atoms with Crippen molar-refractivity contribution in [1.82, 2.24) is 15.2 Å². The Hall–Kier alpha value is -5.10. The van der Waals surface area contributed by atoms with Gasteiger partial charge in [-0.05, 0) is 42.0 Å². The predicted molar refractivity (Wildman–Crippen MR) is 150 cm³/mol. The van der Waals surface area contributed by atoms with Crippen molar-refractivity contribution in [2.75, 3.05) is 38.3 Å². The lowest BCUT2D eigenvalue weighted by molar-refractivity contribution is -0.384. The Morgan fingerprint density at radius 2 is 1.88 bits per heavy atom. The van der Waals surface area contributed by atoms with E-state index in [9.17, 15) is 19.7 Å². The highest BCUT2D eigenvalue weighted by molar-refractivity contribution is 5.95. The number of carbonyl (C=O) groups excluding carboxylic acids is 1. The highest BCUT2D eigenvalue weighted by Gasteiger charge is 2.23. The molecular weight excluding hydrogens is 516 g/mol. The third-order valence-electron chi connectivity index (χ3n) is 6.44. The molecule has 204 valence electrons. The summed E-state index contributed by atoms with van der Waals surface area (Å²) >= 11 is 0. The number of nitrogens with zero attached hydrogens (tertiary/aromatic N) is 5. The van der Waals surface area contributed by atoms with E-state index in [1.54, 1.807) is 54.6 Å². The third-order valence-corrected chi connectivity index (χ3v) is 6.44. The van der Waals surface area contributed by atoms with E-state index in [-0.39, 0.29) is 17.3 Å². The summed E-state index contributed by atoms with van der Waals surface area (Å²) in [5.41, 5.74) is 4.01. The van der Waals surface area contributed by atoms with Gasteiger partial charge >= 0.3 is 0 Å². The van der Waals surface area contributed by atoms with E-state index in [1.165, 1.54) is 26.3 Å². The van der Waals surface area contributed by atoms with E-state index >= 15 is 0 Å². The first kappa shape index (κ1) is 26.5. The van der Waals surface area contributed by atoms with E-state index in [1.807, 2.05) is 4.90 Å². The van der Waals surface area contributed by atoms with Crippen molar-refractivity contribution < 1.29 is 19.2 Å². The minimum Gasteiger partial charge on any atom is -0.497 e. The molecular formula is C28H26N6O6. The molecule has 1 N–H and O–H groups in total. The predicted octanol–water partition coefficient (Wildman–Crippen LogP) is 3.28. The molecule has 0 saturated carbocycles. The number of hydrogen-bond acceptors (Lipinski definition) is 9. The van der Waals surface area contributed by atoms with E-state index in [0.29, 0.717) is 59.6 Å². The van der Waals surface area contributed by atoms with Crippen LogP contribution in [-0.4, -0.2) is 60.2 Å². The number of amides is 1. The molecule has 1 saturated heterocycles. The lowest BCUT2D eigenvalue weighted by Crippen LogP contribution is -2.36. The van der Waals surface area contributed by atoms with Crippen molar-refractivity contribution in [3.63, 3.8) is 0 Å². The van der Waals surface area contributed by atoms with Crippen LogP contribution in [0, 0.1) is 10.1 Å².